The number of halogens is 2. The number of aromatic nitrogens is 4. The minimum atomic E-state index is -0.807. The van der Waals surface area contributed by atoms with Gasteiger partial charge in [0.25, 0.3) is 0 Å². The van der Waals surface area contributed by atoms with Gasteiger partial charge in [-0.2, -0.15) is 5.10 Å². The summed E-state index contributed by atoms with van der Waals surface area (Å²) in [6.45, 7) is 1.01. The maximum absolute atomic E-state index is 14.2. The molecule has 2 aromatic heterocycles. The van der Waals surface area contributed by atoms with Crippen molar-refractivity contribution in [3.05, 3.63) is 53.0 Å². The van der Waals surface area contributed by atoms with Crippen molar-refractivity contribution in [3.8, 4) is 11.5 Å². The average molecular weight is 377 g/mol. The van der Waals surface area contributed by atoms with Gasteiger partial charge in [0.1, 0.15) is 12.4 Å². The summed E-state index contributed by atoms with van der Waals surface area (Å²) in [5.41, 5.74) is 0.557. The zero-order valence-electron chi connectivity index (χ0n) is 14.6. The lowest BCUT2D eigenvalue weighted by molar-refractivity contribution is 0.276. The van der Waals surface area contributed by atoms with Crippen LogP contribution in [0.15, 0.2) is 24.5 Å². The normalized spacial score (nSPS) is 10.7. The molecule has 10 heteroatoms. The molecule has 0 saturated carbocycles. The number of hydrogen-bond acceptors (Lipinski definition) is 7. The Morgan fingerprint density at radius 2 is 1.93 bits per heavy atom. The summed E-state index contributed by atoms with van der Waals surface area (Å²) in [5, 5.41) is 18.4. The number of anilines is 2. The minimum absolute atomic E-state index is 0.0513. The molecule has 0 amide bonds. The molecule has 0 saturated heterocycles. The summed E-state index contributed by atoms with van der Waals surface area (Å²) in [4.78, 5) is 8.08. The molecule has 142 valence electrons. The first kappa shape index (κ1) is 18.5. The van der Waals surface area contributed by atoms with Crippen LogP contribution in [-0.4, -0.2) is 32.4 Å². The predicted molar refractivity (Wildman–Crippen MR) is 91.8 cm³/mol. The fourth-order valence-corrected chi connectivity index (χ4v) is 2.31. The van der Waals surface area contributed by atoms with Crippen molar-refractivity contribution in [2.24, 2.45) is 0 Å². The van der Waals surface area contributed by atoms with E-state index in [-0.39, 0.29) is 41.8 Å². The molecule has 0 unspecified atom stereocenters. The van der Waals surface area contributed by atoms with Gasteiger partial charge >= 0.3 is 0 Å². The minimum Gasteiger partial charge on any atom is -0.494 e. The molecule has 0 aliphatic heterocycles. The first-order valence-electron chi connectivity index (χ1n) is 7.90. The number of methoxy groups -OCH3 is 1. The number of ether oxygens (including phenoxy) is 2. The maximum atomic E-state index is 14.2. The number of aromatic amines is 1. The fraction of sp³-hybridized carbons (Fsp3) is 0.235. The second-order valence-electron chi connectivity index (χ2n) is 5.59. The van der Waals surface area contributed by atoms with Gasteiger partial charge in [0.15, 0.2) is 23.1 Å². The molecule has 0 bridgehead atoms. The summed E-state index contributed by atoms with van der Waals surface area (Å²) in [6.07, 6.45) is 2.72. The number of hydrogen-bond donors (Lipinski definition) is 3. The number of aryl methyl sites for hydroxylation is 1. The summed E-state index contributed by atoms with van der Waals surface area (Å²) in [5.74, 6) is -0.636. The molecule has 0 aliphatic carbocycles. The van der Waals surface area contributed by atoms with Crippen molar-refractivity contribution in [1.29, 1.82) is 0 Å². The monoisotopic (exact) mass is 377 g/mol. The highest BCUT2D eigenvalue weighted by atomic mass is 19.1. The quantitative estimate of drug-likeness (QED) is 0.581. The second-order valence-corrected chi connectivity index (χ2v) is 5.59. The van der Waals surface area contributed by atoms with Crippen LogP contribution in [0.25, 0.3) is 0 Å². The van der Waals surface area contributed by atoms with E-state index in [2.05, 4.69) is 25.5 Å². The predicted octanol–water partition coefficient (Wildman–Crippen LogP) is 2.61. The summed E-state index contributed by atoms with van der Waals surface area (Å²) < 4.78 is 38.7. The standard InChI is InChI=1S/C17H17F2N5O3/c1-9-3-13(26-2)16(19)12(15(9)18)8-27-11-5-20-17(21-6-11)22-14-4-10(7-25)23-24-14/h3-6,25H,7-8H2,1-2H3,(H2,20,21,22,23,24). The van der Waals surface area contributed by atoms with E-state index in [1.54, 1.807) is 6.07 Å². The van der Waals surface area contributed by atoms with Gasteiger partial charge in [-0.05, 0) is 18.6 Å². The Kier molecular flexibility index (Phi) is 5.46. The van der Waals surface area contributed by atoms with Crippen LogP contribution in [0.4, 0.5) is 20.5 Å². The maximum Gasteiger partial charge on any atom is 0.228 e. The van der Waals surface area contributed by atoms with Crippen molar-refractivity contribution in [3.63, 3.8) is 0 Å². The highest BCUT2D eigenvalue weighted by Gasteiger charge is 2.18. The number of rotatable bonds is 7. The van der Waals surface area contributed by atoms with Crippen molar-refractivity contribution < 1.29 is 23.4 Å². The molecule has 2 heterocycles. The van der Waals surface area contributed by atoms with Gasteiger partial charge in [0, 0.05) is 6.07 Å². The summed E-state index contributed by atoms with van der Waals surface area (Å²) in [6, 6.07) is 2.89. The highest BCUT2D eigenvalue weighted by Crippen LogP contribution is 2.27. The molecule has 0 atom stereocenters. The Balaban J connectivity index is 1.68. The smallest absolute Gasteiger partial charge is 0.228 e. The van der Waals surface area contributed by atoms with Crippen LogP contribution in [-0.2, 0) is 13.2 Å². The zero-order chi connectivity index (χ0) is 19.4. The molecule has 3 aromatic rings. The molecule has 0 spiro atoms. The van der Waals surface area contributed by atoms with Gasteiger partial charge in [-0.15, -0.1) is 0 Å². The molecule has 1 aromatic carbocycles. The van der Waals surface area contributed by atoms with Crippen LogP contribution < -0.4 is 14.8 Å². The topological polar surface area (TPSA) is 105 Å². The largest absolute Gasteiger partial charge is 0.494 e. The van der Waals surface area contributed by atoms with E-state index in [4.69, 9.17) is 14.6 Å². The first-order chi connectivity index (χ1) is 13.0. The van der Waals surface area contributed by atoms with Crippen molar-refractivity contribution in [2.45, 2.75) is 20.1 Å². The van der Waals surface area contributed by atoms with E-state index in [1.165, 1.54) is 32.5 Å². The summed E-state index contributed by atoms with van der Waals surface area (Å²) in [7, 11) is 1.31. The van der Waals surface area contributed by atoms with Gasteiger partial charge in [0.05, 0.1) is 37.4 Å². The molecule has 0 fully saturated rings. The van der Waals surface area contributed by atoms with E-state index in [0.717, 1.165) is 0 Å². The van der Waals surface area contributed by atoms with Crippen LogP contribution in [0.3, 0.4) is 0 Å². The molecule has 3 rings (SSSR count). The van der Waals surface area contributed by atoms with Crippen LogP contribution in [0.1, 0.15) is 16.8 Å². The van der Waals surface area contributed by atoms with Crippen molar-refractivity contribution in [2.75, 3.05) is 12.4 Å². The van der Waals surface area contributed by atoms with Crippen molar-refractivity contribution in [1.82, 2.24) is 20.2 Å². The Morgan fingerprint density at radius 1 is 1.19 bits per heavy atom. The number of H-pyrrole nitrogens is 1. The number of nitrogens with zero attached hydrogens (tertiary/aromatic N) is 3. The van der Waals surface area contributed by atoms with Crippen LogP contribution >= 0.6 is 0 Å². The van der Waals surface area contributed by atoms with E-state index in [9.17, 15) is 8.78 Å². The van der Waals surface area contributed by atoms with Gasteiger partial charge in [0.2, 0.25) is 5.95 Å². The van der Waals surface area contributed by atoms with Gasteiger partial charge < -0.3 is 19.9 Å². The lowest BCUT2D eigenvalue weighted by Gasteiger charge is -2.12. The highest BCUT2D eigenvalue weighted by molar-refractivity contribution is 5.47. The molecule has 3 N–H and O–H groups in total. The average Bonchev–Trinajstić information content (AvgIpc) is 3.13. The molecule has 0 radical (unpaired) electrons. The number of nitrogens with one attached hydrogen (secondary N) is 2. The Labute approximate surface area is 153 Å². The number of aliphatic hydroxyl groups excluding tert-OH is 1. The third kappa shape index (κ3) is 4.11. The SMILES string of the molecule is COc1cc(C)c(F)c(COc2cnc(Nc3cc(CO)[nH]n3)nc2)c1F. The molecule has 27 heavy (non-hydrogen) atoms. The lowest BCUT2D eigenvalue weighted by atomic mass is 10.1. The molecule has 0 aliphatic rings. The van der Waals surface area contributed by atoms with E-state index in [0.29, 0.717) is 11.5 Å². The molecular formula is C17H17F2N5O3. The Bertz CT molecular complexity index is 931. The van der Waals surface area contributed by atoms with E-state index < -0.39 is 11.6 Å². The second kappa shape index (κ2) is 7.96. The Morgan fingerprint density at radius 3 is 2.56 bits per heavy atom. The zero-order valence-corrected chi connectivity index (χ0v) is 14.6. The Hall–Kier alpha value is -3.27. The van der Waals surface area contributed by atoms with Crippen LogP contribution in [0, 0.1) is 18.6 Å². The number of aliphatic hydroxyl groups is 1. The van der Waals surface area contributed by atoms with Crippen LogP contribution in [0.5, 0.6) is 11.5 Å². The van der Waals surface area contributed by atoms with Crippen molar-refractivity contribution >= 4 is 11.8 Å². The lowest BCUT2D eigenvalue weighted by Crippen LogP contribution is -2.06. The molecular weight excluding hydrogens is 360 g/mol. The molecule has 8 nitrogen and oxygen atoms in total. The third-order valence-electron chi connectivity index (χ3n) is 3.71. The fourth-order valence-electron chi connectivity index (χ4n) is 2.31. The van der Waals surface area contributed by atoms with E-state index in [1.807, 2.05) is 0 Å². The van der Waals surface area contributed by atoms with E-state index >= 15 is 0 Å². The number of benzene rings is 1. The third-order valence-corrected chi connectivity index (χ3v) is 3.71. The van der Waals surface area contributed by atoms with Crippen LogP contribution in [0.2, 0.25) is 0 Å². The summed E-state index contributed by atoms with van der Waals surface area (Å²) >= 11 is 0. The first-order valence-corrected chi connectivity index (χ1v) is 7.90. The van der Waals surface area contributed by atoms with Gasteiger partial charge in [-0.25, -0.2) is 18.7 Å². The van der Waals surface area contributed by atoms with Gasteiger partial charge in [-0.1, -0.05) is 0 Å². The van der Waals surface area contributed by atoms with Gasteiger partial charge in [-0.3, -0.25) is 5.10 Å².